The number of halogens is 4. The van der Waals surface area contributed by atoms with Gasteiger partial charge in [-0.2, -0.15) is 0 Å². The van der Waals surface area contributed by atoms with Crippen molar-refractivity contribution in [2.75, 3.05) is 14.2 Å². The standard InChI is InChI=1S/C15H15FO2.C14H13FO2.C8H6BrFO2/c1-18-15(17)13-9-8-12(10-14(13)16)7-6-11-4-2-3-5-11;15-13-9-11(7-8-12(13)14(16)17)6-5-10-3-1-2-4-10;1-12-8(11)6-3-2-5(9)4-7(6)10/h8-11H,2-5H2,1H3;7-10H,1-4H2,(H,16,17);2-4H,1H3. The molecule has 246 valence electrons. The van der Waals surface area contributed by atoms with Crippen LogP contribution in [0.2, 0.25) is 0 Å². The van der Waals surface area contributed by atoms with Crippen LogP contribution in [0, 0.1) is 53.0 Å². The Morgan fingerprint density at radius 3 is 1.40 bits per heavy atom. The summed E-state index contributed by atoms with van der Waals surface area (Å²) in [4.78, 5) is 32.7. The Hall–Kier alpha value is -4.54. The molecule has 0 aromatic heterocycles. The fraction of sp³-hybridized carbons (Fsp3) is 0.324. The predicted octanol–water partition coefficient (Wildman–Crippen LogP) is 8.59. The first-order chi connectivity index (χ1) is 22.5. The maximum atomic E-state index is 13.6. The van der Waals surface area contributed by atoms with Crippen LogP contribution in [0.25, 0.3) is 0 Å². The number of hydrogen-bond acceptors (Lipinski definition) is 5. The number of carboxylic acid groups (broad SMARTS) is 1. The lowest BCUT2D eigenvalue weighted by Gasteiger charge is -2.01. The topological polar surface area (TPSA) is 89.9 Å². The molecule has 6 nitrogen and oxygen atoms in total. The summed E-state index contributed by atoms with van der Waals surface area (Å²) >= 11 is 3.08. The van der Waals surface area contributed by atoms with Crippen molar-refractivity contribution in [1.29, 1.82) is 0 Å². The molecule has 2 fully saturated rings. The van der Waals surface area contributed by atoms with Crippen molar-refractivity contribution in [3.63, 3.8) is 0 Å². The highest BCUT2D eigenvalue weighted by Gasteiger charge is 2.15. The zero-order valence-corrected chi connectivity index (χ0v) is 27.6. The molecule has 47 heavy (non-hydrogen) atoms. The largest absolute Gasteiger partial charge is 0.478 e. The first-order valence-corrected chi connectivity index (χ1v) is 15.8. The summed E-state index contributed by atoms with van der Waals surface area (Å²) in [5.41, 5.74) is 0.729. The van der Waals surface area contributed by atoms with E-state index in [1.54, 1.807) is 18.2 Å². The van der Waals surface area contributed by atoms with Gasteiger partial charge in [-0.3, -0.25) is 0 Å². The molecule has 0 spiro atoms. The maximum absolute atomic E-state index is 13.6. The summed E-state index contributed by atoms with van der Waals surface area (Å²) in [5.74, 6) is 8.52. The van der Waals surface area contributed by atoms with Gasteiger partial charge in [0.2, 0.25) is 0 Å². The van der Waals surface area contributed by atoms with Crippen molar-refractivity contribution in [2.45, 2.75) is 51.4 Å². The fourth-order valence-electron chi connectivity index (χ4n) is 4.91. The molecule has 3 aromatic carbocycles. The molecule has 2 aliphatic rings. The normalized spacial score (nSPS) is 13.7. The van der Waals surface area contributed by atoms with Crippen LogP contribution in [-0.2, 0) is 9.47 Å². The maximum Gasteiger partial charge on any atom is 0.340 e. The monoisotopic (exact) mass is 710 g/mol. The summed E-state index contributed by atoms with van der Waals surface area (Å²) in [6.45, 7) is 0. The van der Waals surface area contributed by atoms with Gasteiger partial charge in [0.25, 0.3) is 0 Å². The van der Waals surface area contributed by atoms with Gasteiger partial charge in [0.1, 0.15) is 17.5 Å². The Morgan fingerprint density at radius 1 is 0.660 bits per heavy atom. The Balaban J connectivity index is 0.000000196. The lowest BCUT2D eigenvalue weighted by atomic mass is 10.1. The molecule has 10 heteroatoms. The van der Waals surface area contributed by atoms with E-state index in [9.17, 15) is 27.6 Å². The Bertz CT molecular complexity index is 1700. The van der Waals surface area contributed by atoms with E-state index in [1.165, 1.54) is 76.3 Å². The van der Waals surface area contributed by atoms with Gasteiger partial charge in [-0.15, -0.1) is 0 Å². The molecule has 2 saturated carbocycles. The number of ether oxygens (including phenoxy) is 2. The second-order valence-electron chi connectivity index (χ2n) is 10.8. The second kappa shape index (κ2) is 18.6. The highest BCUT2D eigenvalue weighted by atomic mass is 79.9. The van der Waals surface area contributed by atoms with E-state index in [-0.39, 0.29) is 16.7 Å². The molecule has 0 unspecified atom stereocenters. The van der Waals surface area contributed by atoms with Crippen LogP contribution in [0.15, 0.2) is 59.1 Å². The third kappa shape index (κ3) is 11.6. The Kier molecular flexibility index (Phi) is 14.6. The number of carboxylic acids is 1. The lowest BCUT2D eigenvalue weighted by Crippen LogP contribution is -2.04. The van der Waals surface area contributed by atoms with Gasteiger partial charge in [0.05, 0.1) is 30.9 Å². The molecule has 0 amide bonds. The molecule has 1 N–H and O–H groups in total. The molecule has 2 aliphatic carbocycles. The summed E-state index contributed by atoms with van der Waals surface area (Å²) in [6.07, 6.45) is 9.39. The zero-order chi connectivity index (χ0) is 34.3. The van der Waals surface area contributed by atoms with E-state index in [4.69, 9.17) is 5.11 Å². The summed E-state index contributed by atoms with van der Waals surface area (Å²) in [5, 5.41) is 8.68. The van der Waals surface area contributed by atoms with Crippen LogP contribution < -0.4 is 0 Å². The molecule has 0 bridgehead atoms. The minimum atomic E-state index is -1.25. The predicted molar refractivity (Wildman–Crippen MR) is 174 cm³/mol. The molecule has 5 rings (SSSR count). The van der Waals surface area contributed by atoms with Crippen LogP contribution in [0.5, 0.6) is 0 Å². The molecule has 3 aromatic rings. The molecular formula is C37H34BrF3O6. The fourth-order valence-corrected chi connectivity index (χ4v) is 5.24. The smallest absolute Gasteiger partial charge is 0.340 e. The highest BCUT2D eigenvalue weighted by molar-refractivity contribution is 9.10. The van der Waals surface area contributed by atoms with Crippen molar-refractivity contribution in [3.8, 4) is 23.7 Å². The molecule has 0 heterocycles. The van der Waals surface area contributed by atoms with Crippen molar-refractivity contribution in [2.24, 2.45) is 11.8 Å². The zero-order valence-electron chi connectivity index (χ0n) is 26.0. The number of rotatable bonds is 3. The van der Waals surface area contributed by atoms with Gasteiger partial charge in [-0.05, 0) is 80.3 Å². The minimum absolute atomic E-state index is 0.0519. The van der Waals surface area contributed by atoms with E-state index >= 15 is 0 Å². The van der Waals surface area contributed by atoms with Crippen molar-refractivity contribution >= 4 is 33.8 Å². The number of carbonyl (C=O) groups excluding carboxylic acids is 2. The van der Waals surface area contributed by atoms with Crippen LogP contribution in [0.3, 0.4) is 0 Å². The van der Waals surface area contributed by atoms with E-state index < -0.39 is 35.4 Å². The quantitative estimate of drug-likeness (QED) is 0.216. The van der Waals surface area contributed by atoms with Crippen molar-refractivity contribution < 1.29 is 42.1 Å². The van der Waals surface area contributed by atoms with Crippen LogP contribution in [-0.4, -0.2) is 37.2 Å². The highest BCUT2D eigenvalue weighted by Crippen LogP contribution is 2.25. The van der Waals surface area contributed by atoms with E-state index in [0.29, 0.717) is 27.4 Å². The lowest BCUT2D eigenvalue weighted by molar-refractivity contribution is 0.0586. The number of benzene rings is 3. The van der Waals surface area contributed by atoms with Crippen molar-refractivity contribution in [1.82, 2.24) is 0 Å². The number of aromatic carboxylic acids is 1. The number of hydrogen-bond donors (Lipinski definition) is 1. The molecule has 0 atom stereocenters. The van der Waals surface area contributed by atoms with E-state index in [1.807, 2.05) is 0 Å². The number of esters is 2. The average molecular weight is 712 g/mol. The minimum Gasteiger partial charge on any atom is -0.478 e. The number of carbonyl (C=O) groups is 3. The SMILES string of the molecule is COC(=O)c1ccc(Br)cc1F.COC(=O)c1ccc(C#CC2CCCC2)cc1F.O=C(O)c1ccc(C#CC2CCCC2)cc1F. The first kappa shape index (κ1) is 36.9. The molecule has 0 saturated heterocycles. The van der Waals surface area contributed by atoms with E-state index in [0.717, 1.165) is 25.7 Å². The van der Waals surface area contributed by atoms with Crippen LogP contribution >= 0.6 is 15.9 Å². The Labute approximate surface area is 280 Å². The molecular weight excluding hydrogens is 677 g/mol. The van der Waals surface area contributed by atoms with Gasteiger partial charge in [0, 0.05) is 27.4 Å². The van der Waals surface area contributed by atoms with Gasteiger partial charge in [-0.1, -0.05) is 65.3 Å². The first-order valence-electron chi connectivity index (χ1n) is 15.0. The number of methoxy groups -OCH3 is 2. The third-order valence-corrected chi connectivity index (χ3v) is 7.96. The van der Waals surface area contributed by atoms with Crippen LogP contribution in [0.4, 0.5) is 13.2 Å². The van der Waals surface area contributed by atoms with Gasteiger partial charge in [0.15, 0.2) is 0 Å². The van der Waals surface area contributed by atoms with Crippen LogP contribution in [0.1, 0.15) is 93.6 Å². The third-order valence-electron chi connectivity index (χ3n) is 7.46. The van der Waals surface area contributed by atoms with Crippen molar-refractivity contribution in [3.05, 3.63) is 104 Å². The summed E-state index contributed by atoms with van der Waals surface area (Å²) in [7, 11) is 2.44. The summed E-state index contributed by atoms with van der Waals surface area (Å²) in [6, 6.07) is 12.5. The second-order valence-corrected chi connectivity index (χ2v) is 11.7. The van der Waals surface area contributed by atoms with E-state index in [2.05, 4.69) is 49.1 Å². The molecule has 0 aliphatic heterocycles. The Morgan fingerprint density at radius 2 is 1.04 bits per heavy atom. The van der Waals surface area contributed by atoms with Gasteiger partial charge >= 0.3 is 17.9 Å². The average Bonchev–Trinajstić information content (AvgIpc) is 3.78. The molecule has 0 radical (unpaired) electrons. The van der Waals surface area contributed by atoms with Gasteiger partial charge < -0.3 is 14.6 Å². The summed E-state index contributed by atoms with van der Waals surface area (Å²) < 4.78 is 49.4. The van der Waals surface area contributed by atoms with Gasteiger partial charge in [-0.25, -0.2) is 27.6 Å².